The maximum absolute atomic E-state index is 12.2. The normalized spacial score (nSPS) is 19.9. The first-order chi connectivity index (χ1) is 9.41. The average molecular weight is 299 g/mol. The number of hydrogen-bond donors (Lipinski definition) is 2. The average Bonchev–Trinajstić information content (AvgIpc) is 2.96. The highest BCUT2D eigenvalue weighted by atomic mass is 32.2. The Morgan fingerprint density at radius 3 is 2.80 bits per heavy atom. The van der Waals surface area contributed by atoms with Crippen LogP contribution in [0.1, 0.15) is 30.0 Å². The van der Waals surface area contributed by atoms with Gasteiger partial charge in [0.15, 0.2) is 0 Å². The Morgan fingerprint density at radius 1 is 1.55 bits per heavy atom. The van der Waals surface area contributed by atoms with Crippen LogP contribution < -0.4 is 5.32 Å². The first-order valence-corrected chi connectivity index (χ1v) is 7.37. The standard InChI is InChI=1S/C12H17N3O4S/c1-6(10-7(2)14-19-8(10)3)13-12(18)15-5-20-4-9(15)11(16)17/h6,9H,4-5H2,1-3H3,(H,13,18)(H,16,17)/t6?,9-/m0/s1. The van der Waals surface area contributed by atoms with E-state index < -0.39 is 12.0 Å². The largest absolute Gasteiger partial charge is 0.480 e. The van der Waals surface area contributed by atoms with Crippen molar-refractivity contribution >= 4 is 23.8 Å². The van der Waals surface area contributed by atoms with Crippen LogP contribution in [0.15, 0.2) is 4.52 Å². The van der Waals surface area contributed by atoms with E-state index in [1.165, 1.54) is 16.7 Å². The molecule has 1 unspecified atom stereocenters. The predicted octanol–water partition coefficient (Wildman–Crippen LogP) is 1.52. The van der Waals surface area contributed by atoms with E-state index in [1.807, 2.05) is 6.92 Å². The van der Waals surface area contributed by atoms with E-state index in [1.54, 1.807) is 13.8 Å². The molecule has 1 fully saturated rings. The molecule has 2 N–H and O–H groups in total. The van der Waals surface area contributed by atoms with E-state index in [0.29, 0.717) is 17.4 Å². The first-order valence-electron chi connectivity index (χ1n) is 6.22. The smallest absolute Gasteiger partial charge is 0.327 e. The van der Waals surface area contributed by atoms with Crippen molar-refractivity contribution in [2.75, 3.05) is 11.6 Å². The number of urea groups is 1. The van der Waals surface area contributed by atoms with Gasteiger partial charge in [0.2, 0.25) is 0 Å². The quantitative estimate of drug-likeness (QED) is 0.878. The van der Waals surface area contributed by atoms with Gasteiger partial charge in [-0.25, -0.2) is 9.59 Å². The Labute approximate surface area is 120 Å². The molecule has 0 radical (unpaired) electrons. The zero-order valence-electron chi connectivity index (χ0n) is 11.5. The maximum atomic E-state index is 12.2. The van der Waals surface area contributed by atoms with Gasteiger partial charge < -0.3 is 19.8 Å². The van der Waals surface area contributed by atoms with Crippen LogP contribution in [0, 0.1) is 13.8 Å². The molecule has 0 bridgehead atoms. The van der Waals surface area contributed by atoms with Gasteiger partial charge in [-0.3, -0.25) is 0 Å². The Bertz CT molecular complexity index is 511. The lowest BCUT2D eigenvalue weighted by molar-refractivity contribution is -0.140. The van der Waals surface area contributed by atoms with E-state index in [0.717, 1.165) is 11.3 Å². The maximum Gasteiger partial charge on any atom is 0.327 e. The van der Waals surface area contributed by atoms with Gasteiger partial charge in [0.05, 0.1) is 17.6 Å². The molecule has 20 heavy (non-hydrogen) atoms. The number of carboxylic acid groups (broad SMARTS) is 1. The second-order valence-electron chi connectivity index (χ2n) is 4.73. The van der Waals surface area contributed by atoms with Gasteiger partial charge in [0.1, 0.15) is 11.8 Å². The van der Waals surface area contributed by atoms with Crippen molar-refractivity contribution in [2.24, 2.45) is 0 Å². The molecular formula is C12H17N3O4S. The minimum absolute atomic E-state index is 0.284. The molecule has 2 heterocycles. The molecule has 8 heteroatoms. The number of amides is 2. The predicted molar refractivity (Wildman–Crippen MR) is 73.5 cm³/mol. The third kappa shape index (κ3) is 2.74. The van der Waals surface area contributed by atoms with E-state index in [9.17, 15) is 9.59 Å². The van der Waals surface area contributed by atoms with Gasteiger partial charge in [-0.1, -0.05) is 5.16 Å². The van der Waals surface area contributed by atoms with E-state index in [2.05, 4.69) is 10.5 Å². The summed E-state index contributed by atoms with van der Waals surface area (Å²) in [5.41, 5.74) is 1.55. The molecule has 7 nitrogen and oxygen atoms in total. The zero-order chi connectivity index (χ0) is 14.9. The molecule has 0 saturated carbocycles. The fourth-order valence-corrected chi connectivity index (χ4v) is 3.44. The molecule has 110 valence electrons. The number of nitrogens with one attached hydrogen (secondary N) is 1. The van der Waals surface area contributed by atoms with Crippen molar-refractivity contribution in [2.45, 2.75) is 32.9 Å². The van der Waals surface area contributed by atoms with Crippen molar-refractivity contribution in [3.63, 3.8) is 0 Å². The van der Waals surface area contributed by atoms with Gasteiger partial charge in [-0.05, 0) is 20.8 Å². The number of carboxylic acids is 1. The summed E-state index contributed by atoms with van der Waals surface area (Å²) < 4.78 is 5.07. The fraction of sp³-hybridized carbons (Fsp3) is 0.583. The number of carbonyl (C=O) groups is 2. The number of hydrogen-bond acceptors (Lipinski definition) is 5. The Morgan fingerprint density at radius 2 is 2.25 bits per heavy atom. The van der Waals surface area contributed by atoms with Crippen LogP contribution in [0.5, 0.6) is 0 Å². The molecule has 1 aliphatic rings. The SMILES string of the molecule is Cc1noc(C)c1C(C)NC(=O)N1CSC[C@H]1C(=O)O. The summed E-state index contributed by atoms with van der Waals surface area (Å²) in [6, 6.07) is -1.43. The topological polar surface area (TPSA) is 95.7 Å². The number of aromatic nitrogens is 1. The third-order valence-electron chi connectivity index (χ3n) is 3.29. The second kappa shape index (κ2) is 5.74. The number of aliphatic carboxylic acids is 1. The van der Waals surface area contributed by atoms with Gasteiger partial charge >= 0.3 is 12.0 Å². The second-order valence-corrected chi connectivity index (χ2v) is 5.73. The Balaban J connectivity index is 2.06. The minimum Gasteiger partial charge on any atom is -0.480 e. The van der Waals surface area contributed by atoms with Gasteiger partial charge in [0, 0.05) is 11.3 Å². The number of nitrogens with zero attached hydrogens (tertiary/aromatic N) is 2. The van der Waals surface area contributed by atoms with Crippen LogP contribution >= 0.6 is 11.8 Å². The summed E-state index contributed by atoms with van der Waals surface area (Å²) in [5.74, 6) is 0.482. The molecule has 1 aliphatic heterocycles. The lowest BCUT2D eigenvalue weighted by atomic mass is 10.1. The van der Waals surface area contributed by atoms with Crippen molar-refractivity contribution in [3.05, 3.63) is 17.0 Å². The molecule has 1 saturated heterocycles. The van der Waals surface area contributed by atoms with Crippen molar-refractivity contribution in [1.29, 1.82) is 0 Å². The number of thioether (sulfide) groups is 1. The van der Waals surface area contributed by atoms with Crippen molar-refractivity contribution in [1.82, 2.24) is 15.4 Å². The summed E-state index contributed by atoms with van der Waals surface area (Å²) in [6.45, 7) is 5.41. The third-order valence-corrected chi connectivity index (χ3v) is 4.30. The first kappa shape index (κ1) is 14.7. The lowest BCUT2D eigenvalue weighted by Crippen LogP contribution is -2.47. The summed E-state index contributed by atoms with van der Waals surface area (Å²) in [7, 11) is 0. The Hall–Kier alpha value is -1.70. The highest BCUT2D eigenvalue weighted by molar-refractivity contribution is 7.99. The molecule has 1 aromatic heterocycles. The summed E-state index contributed by atoms with van der Waals surface area (Å²) in [5, 5.41) is 15.7. The van der Waals surface area contributed by atoms with E-state index in [4.69, 9.17) is 9.63 Å². The highest BCUT2D eigenvalue weighted by Gasteiger charge is 2.35. The van der Waals surface area contributed by atoms with Gasteiger partial charge in [-0.15, -0.1) is 11.8 Å². The number of carbonyl (C=O) groups excluding carboxylic acids is 1. The van der Waals surface area contributed by atoms with Crippen molar-refractivity contribution < 1.29 is 19.2 Å². The number of rotatable bonds is 3. The van der Waals surface area contributed by atoms with E-state index >= 15 is 0 Å². The van der Waals surface area contributed by atoms with Gasteiger partial charge in [-0.2, -0.15) is 0 Å². The zero-order valence-corrected chi connectivity index (χ0v) is 12.4. The van der Waals surface area contributed by atoms with E-state index in [-0.39, 0.29) is 12.1 Å². The molecule has 0 aromatic carbocycles. The molecule has 1 aromatic rings. The highest BCUT2D eigenvalue weighted by Crippen LogP contribution is 2.24. The summed E-state index contributed by atoms with van der Waals surface area (Å²) >= 11 is 1.43. The molecule has 2 rings (SSSR count). The molecular weight excluding hydrogens is 282 g/mol. The van der Waals surface area contributed by atoms with Crippen molar-refractivity contribution in [3.8, 4) is 0 Å². The summed E-state index contributed by atoms with van der Waals surface area (Å²) in [4.78, 5) is 24.6. The van der Waals surface area contributed by atoms with Gasteiger partial charge in [0.25, 0.3) is 0 Å². The fourth-order valence-electron chi connectivity index (χ4n) is 2.30. The van der Waals surface area contributed by atoms with Crippen LogP contribution in [0.3, 0.4) is 0 Å². The summed E-state index contributed by atoms with van der Waals surface area (Å²) in [6.07, 6.45) is 0. The van der Waals surface area contributed by atoms with Crippen LogP contribution in [0.2, 0.25) is 0 Å². The molecule has 2 atom stereocenters. The van der Waals surface area contributed by atoms with Crippen LogP contribution in [0.4, 0.5) is 4.79 Å². The molecule has 0 aliphatic carbocycles. The van der Waals surface area contributed by atoms with Crippen LogP contribution in [-0.2, 0) is 4.79 Å². The number of aryl methyl sites for hydroxylation is 2. The Kier molecular flexibility index (Phi) is 4.22. The van der Waals surface area contributed by atoms with Crippen LogP contribution in [-0.4, -0.2) is 44.8 Å². The monoisotopic (exact) mass is 299 g/mol. The van der Waals surface area contributed by atoms with Crippen LogP contribution in [0.25, 0.3) is 0 Å². The molecule has 2 amide bonds. The molecule has 0 spiro atoms. The lowest BCUT2D eigenvalue weighted by Gasteiger charge is -2.23. The minimum atomic E-state index is -0.977.